The van der Waals surface area contributed by atoms with Crippen LogP contribution in [0.3, 0.4) is 0 Å². The van der Waals surface area contributed by atoms with Crippen LogP contribution < -0.4 is 10.1 Å². The quantitative estimate of drug-likeness (QED) is 0.799. The van der Waals surface area contributed by atoms with Crippen molar-refractivity contribution in [3.05, 3.63) is 29.8 Å². The molecule has 0 bridgehead atoms. The average molecular weight is 299 g/mol. The molecule has 0 saturated carbocycles. The Hall–Kier alpha value is -1.20. The van der Waals surface area contributed by atoms with Crippen LogP contribution in [0.15, 0.2) is 24.3 Å². The van der Waals surface area contributed by atoms with Gasteiger partial charge in [-0.15, -0.1) is 0 Å². The fourth-order valence-corrected chi connectivity index (χ4v) is 2.30. The molecule has 1 unspecified atom stereocenters. The van der Waals surface area contributed by atoms with E-state index in [1.165, 1.54) is 0 Å². The van der Waals surface area contributed by atoms with E-state index in [1.54, 1.807) is 12.1 Å². The van der Waals surface area contributed by atoms with Crippen molar-refractivity contribution in [1.29, 1.82) is 0 Å². The van der Waals surface area contributed by atoms with Gasteiger partial charge in [0.05, 0.1) is 13.2 Å². The van der Waals surface area contributed by atoms with Gasteiger partial charge in [0, 0.05) is 18.0 Å². The number of benzene rings is 1. The first-order chi connectivity index (χ1) is 9.97. The molecule has 2 rings (SSSR count). The molecular weight excluding hydrogens is 276 g/mol. The molecule has 1 aliphatic heterocycles. The van der Waals surface area contributed by atoms with E-state index in [0.717, 1.165) is 38.2 Å². The van der Waals surface area contributed by atoms with E-state index in [1.807, 2.05) is 12.1 Å². The van der Waals surface area contributed by atoms with Gasteiger partial charge < -0.3 is 14.8 Å². The van der Waals surface area contributed by atoms with Crippen molar-refractivity contribution in [2.24, 2.45) is 5.41 Å². The summed E-state index contributed by atoms with van der Waals surface area (Å²) in [4.78, 5) is 0. The molecule has 1 N–H and O–H groups in total. The van der Waals surface area contributed by atoms with Gasteiger partial charge in [-0.2, -0.15) is 8.78 Å². The molecule has 0 spiro atoms. The van der Waals surface area contributed by atoms with Gasteiger partial charge in [0.1, 0.15) is 5.75 Å². The van der Waals surface area contributed by atoms with E-state index in [-0.39, 0.29) is 11.2 Å². The third-order valence-corrected chi connectivity index (χ3v) is 3.79. The minimum Gasteiger partial charge on any atom is -0.435 e. The third-order valence-electron chi connectivity index (χ3n) is 3.79. The first kappa shape index (κ1) is 16.2. The summed E-state index contributed by atoms with van der Waals surface area (Å²) < 4.78 is 33.7. The summed E-state index contributed by atoms with van der Waals surface area (Å²) in [6.07, 6.45) is 1.92. The van der Waals surface area contributed by atoms with E-state index in [4.69, 9.17) is 4.74 Å². The number of aryl methyl sites for hydroxylation is 1. The highest BCUT2D eigenvalue weighted by Crippen LogP contribution is 2.25. The highest BCUT2D eigenvalue weighted by atomic mass is 19.3. The van der Waals surface area contributed by atoms with Gasteiger partial charge in [-0.25, -0.2) is 0 Å². The first-order valence-corrected chi connectivity index (χ1v) is 7.32. The monoisotopic (exact) mass is 299 g/mol. The molecule has 118 valence electrons. The number of hydrogen-bond donors (Lipinski definition) is 1. The van der Waals surface area contributed by atoms with Crippen molar-refractivity contribution >= 4 is 0 Å². The molecule has 0 aromatic heterocycles. The summed E-state index contributed by atoms with van der Waals surface area (Å²) in [5.74, 6) is 0.206. The Balaban J connectivity index is 1.69. The molecule has 0 aliphatic carbocycles. The predicted octanol–water partition coefficient (Wildman–Crippen LogP) is 3.24. The van der Waals surface area contributed by atoms with Crippen LogP contribution in [0.4, 0.5) is 8.78 Å². The van der Waals surface area contributed by atoms with Crippen LogP contribution in [0.1, 0.15) is 25.8 Å². The van der Waals surface area contributed by atoms with Crippen molar-refractivity contribution < 1.29 is 18.3 Å². The minimum atomic E-state index is -2.77. The molecule has 3 nitrogen and oxygen atoms in total. The molecule has 1 aromatic carbocycles. The number of alkyl halides is 2. The van der Waals surface area contributed by atoms with E-state index >= 15 is 0 Å². The molecular formula is C16H23F2NO2. The zero-order valence-electron chi connectivity index (χ0n) is 12.6. The molecule has 1 atom stereocenters. The molecule has 1 fully saturated rings. The summed E-state index contributed by atoms with van der Waals surface area (Å²) in [7, 11) is 0. The molecule has 21 heavy (non-hydrogen) atoms. The summed E-state index contributed by atoms with van der Waals surface area (Å²) in [6, 6.07) is 7.27. The highest BCUT2D eigenvalue weighted by Gasteiger charge is 2.33. The lowest BCUT2D eigenvalue weighted by Gasteiger charge is -2.39. The normalized spacial score (nSPS) is 18.3. The molecule has 0 radical (unpaired) electrons. The first-order valence-electron chi connectivity index (χ1n) is 7.32. The van der Waals surface area contributed by atoms with Gasteiger partial charge in [0.2, 0.25) is 0 Å². The van der Waals surface area contributed by atoms with Crippen LogP contribution in [-0.2, 0) is 11.2 Å². The number of ether oxygens (including phenoxy) is 2. The lowest BCUT2D eigenvalue weighted by Crippen LogP contribution is -2.49. The van der Waals surface area contributed by atoms with Gasteiger partial charge in [0.25, 0.3) is 0 Å². The topological polar surface area (TPSA) is 30.5 Å². The molecule has 1 aromatic rings. The largest absolute Gasteiger partial charge is 0.435 e. The van der Waals surface area contributed by atoms with E-state index in [0.29, 0.717) is 6.04 Å². The Labute approximate surface area is 124 Å². The van der Waals surface area contributed by atoms with Gasteiger partial charge in [-0.05, 0) is 37.5 Å². The SMILES string of the molecule is CC(CCc1ccc(OC(F)F)cc1)NCC1(C)COC1. The zero-order valence-corrected chi connectivity index (χ0v) is 12.6. The fourth-order valence-electron chi connectivity index (χ4n) is 2.30. The van der Waals surface area contributed by atoms with E-state index in [9.17, 15) is 8.78 Å². The lowest BCUT2D eigenvalue weighted by atomic mass is 9.88. The van der Waals surface area contributed by atoms with Crippen LogP contribution in [0, 0.1) is 5.41 Å². The number of nitrogens with one attached hydrogen (secondary N) is 1. The third kappa shape index (κ3) is 5.25. The van der Waals surface area contributed by atoms with E-state index in [2.05, 4.69) is 23.9 Å². The summed E-state index contributed by atoms with van der Waals surface area (Å²) in [5, 5.41) is 3.53. The van der Waals surface area contributed by atoms with Crippen molar-refractivity contribution in [2.75, 3.05) is 19.8 Å². The molecule has 1 saturated heterocycles. The van der Waals surface area contributed by atoms with Gasteiger partial charge >= 0.3 is 6.61 Å². The number of halogens is 2. The molecule has 5 heteroatoms. The number of hydrogen-bond acceptors (Lipinski definition) is 3. The highest BCUT2D eigenvalue weighted by molar-refractivity contribution is 5.27. The standard InChI is InChI=1S/C16H23F2NO2/c1-12(19-9-16(2)10-20-11-16)3-4-13-5-7-14(8-6-13)21-15(17)18/h5-8,12,15,19H,3-4,9-11H2,1-2H3. The zero-order chi connectivity index (χ0) is 15.3. The lowest BCUT2D eigenvalue weighted by molar-refractivity contribution is -0.0999. The second-order valence-corrected chi connectivity index (χ2v) is 6.15. The van der Waals surface area contributed by atoms with Crippen LogP contribution in [-0.4, -0.2) is 32.4 Å². The van der Waals surface area contributed by atoms with Crippen molar-refractivity contribution in [3.63, 3.8) is 0 Å². The second-order valence-electron chi connectivity index (χ2n) is 6.15. The smallest absolute Gasteiger partial charge is 0.387 e. The maximum atomic E-state index is 12.1. The van der Waals surface area contributed by atoms with Crippen LogP contribution in [0.5, 0.6) is 5.75 Å². The van der Waals surface area contributed by atoms with Crippen LogP contribution in [0.2, 0.25) is 0 Å². The Bertz CT molecular complexity index is 432. The second kappa shape index (κ2) is 7.18. The summed E-state index contributed by atoms with van der Waals surface area (Å²) >= 11 is 0. The maximum Gasteiger partial charge on any atom is 0.387 e. The van der Waals surface area contributed by atoms with Crippen molar-refractivity contribution in [3.8, 4) is 5.75 Å². The Morgan fingerprint density at radius 2 is 1.95 bits per heavy atom. The van der Waals surface area contributed by atoms with Gasteiger partial charge in [-0.3, -0.25) is 0 Å². The Morgan fingerprint density at radius 1 is 1.29 bits per heavy atom. The van der Waals surface area contributed by atoms with Gasteiger partial charge in [-0.1, -0.05) is 19.1 Å². The number of rotatable bonds is 8. The summed E-state index contributed by atoms with van der Waals surface area (Å²) in [5.41, 5.74) is 1.41. The average Bonchev–Trinajstić information content (AvgIpc) is 2.41. The van der Waals surface area contributed by atoms with E-state index < -0.39 is 6.61 Å². The van der Waals surface area contributed by atoms with Gasteiger partial charge in [0.15, 0.2) is 0 Å². The fraction of sp³-hybridized carbons (Fsp3) is 0.625. The maximum absolute atomic E-state index is 12.1. The summed E-state index contributed by atoms with van der Waals surface area (Å²) in [6.45, 7) is 4.25. The minimum absolute atomic E-state index is 0.206. The van der Waals surface area contributed by atoms with Crippen molar-refractivity contribution in [2.45, 2.75) is 39.3 Å². The molecule has 0 amide bonds. The van der Waals surface area contributed by atoms with Crippen LogP contribution >= 0.6 is 0 Å². The Kier molecular flexibility index (Phi) is 5.53. The molecule has 1 heterocycles. The Morgan fingerprint density at radius 3 is 2.48 bits per heavy atom. The van der Waals surface area contributed by atoms with Crippen LogP contribution in [0.25, 0.3) is 0 Å². The van der Waals surface area contributed by atoms with Crippen molar-refractivity contribution in [1.82, 2.24) is 5.32 Å². The predicted molar refractivity (Wildman–Crippen MR) is 77.8 cm³/mol. The molecule has 1 aliphatic rings.